The number of esters is 4. The smallest absolute Gasteiger partial charge is 0.303 e. The van der Waals surface area contributed by atoms with E-state index >= 15 is 0 Å². The van der Waals surface area contributed by atoms with Gasteiger partial charge in [0.2, 0.25) is 0 Å². The molecule has 20 atom stereocenters. The van der Waals surface area contributed by atoms with Crippen LogP contribution < -0.4 is 0 Å². The van der Waals surface area contributed by atoms with Crippen molar-refractivity contribution in [3.63, 3.8) is 0 Å². The van der Waals surface area contributed by atoms with E-state index in [0.29, 0.717) is 0 Å². The van der Waals surface area contributed by atoms with Crippen molar-refractivity contribution in [3.05, 3.63) is 0 Å². The van der Waals surface area contributed by atoms with E-state index in [1.807, 2.05) is 13.8 Å². The van der Waals surface area contributed by atoms with Crippen molar-refractivity contribution in [1.82, 2.24) is 0 Å². The first-order valence-electron chi connectivity index (χ1n) is 22.6. The first-order chi connectivity index (χ1) is 33.2. The van der Waals surface area contributed by atoms with Gasteiger partial charge in [-0.25, -0.2) is 0 Å². The highest BCUT2D eigenvalue weighted by Crippen LogP contribution is 2.38. The number of carbonyl (C=O) groups excluding carboxylic acids is 4. The molecule has 0 saturated carbocycles. The Balaban J connectivity index is 0.000000392. The Morgan fingerprint density at radius 1 is 0.471 bits per heavy atom. The second-order valence-electron chi connectivity index (χ2n) is 16.8. The van der Waals surface area contributed by atoms with Crippen molar-refractivity contribution in [3.8, 4) is 24.7 Å². The third kappa shape index (κ3) is 17.8. The van der Waals surface area contributed by atoms with Crippen LogP contribution in [-0.2, 0) is 85.5 Å². The highest BCUT2D eigenvalue weighted by atomic mass is 16.8. The predicted molar refractivity (Wildman–Crippen MR) is 232 cm³/mol. The fraction of sp³-hybridized carbons (Fsp3) is 0.822. The van der Waals surface area contributed by atoms with Crippen molar-refractivity contribution in [2.24, 2.45) is 17.8 Å². The van der Waals surface area contributed by atoms with Crippen LogP contribution in [-0.4, -0.2) is 230 Å². The van der Waals surface area contributed by atoms with Crippen molar-refractivity contribution < 1.29 is 121 Å². The average Bonchev–Trinajstić information content (AvgIpc) is 3.31. The van der Waals surface area contributed by atoms with Gasteiger partial charge >= 0.3 is 23.9 Å². The van der Waals surface area contributed by atoms with Crippen molar-refractivity contribution >= 4 is 23.9 Å². The molecule has 25 heteroatoms. The molecule has 0 aliphatic carbocycles. The first-order valence-corrected chi connectivity index (χ1v) is 22.6. The van der Waals surface area contributed by atoms with Gasteiger partial charge < -0.3 is 102 Å². The molecule has 400 valence electrons. The Morgan fingerprint density at radius 3 is 1.44 bits per heavy atom. The van der Waals surface area contributed by atoms with Gasteiger partial charge in [-0.2, -0.15) is 0 Å². The summed E-state index contributed by atoms with van der Waals surface area (Å²) in [4.78, 5) is 47.2. The van der Waals surface area contributed by atoms with Gasteiger partial charge in [0.25, 0.3) is 0 Å². The van der Waals surface area contributed by atoms with Gasteiger partial charge in [-0.1, -0.05) is 32.6 Å². The molecule has 20 unspecified atom stereocenters. The molecule has 0 radical (unpaired) electrons. The minimum atomic E-state index is -1.72. The molecule has 0 aromatic carbocycles. The Kier molecular flexibility index (Phi) is 26.3. The summed E-state index contributed by atoms with van der Waals surface area (Å²) in [6, 6.07) is 0. The highest BCUT2D eigenvalue weighted by Gasteiger charge is 2.53. The lowest BCUT2D eigenvalue weighted by Crippen LogP contribution is -2.64. The summed E-state index contributed by atoms with van der Waals surface area (Å²) < 4.78 is 77.8. The predicted octanol–water partition coefficient (Wildman–Crippen LogP) is -3.34. The zero-order valence-electron chi connectivity index (χ0n) is 40.3. The molecule has 4 heterocycles. The fourth-order valence-corrected chi connectivity index (χ4v) is 7.80. The van der Waals surface area contributed by atoms with Crippen LogP contribution in [0.25, 0.3) is 0 Å². The first kappa shape index (κ1) is 60.6. The average molecular weight is 1010 g/mol. The normalized spacial score (nSPS) is 37.3. The fourth-order valence-electron chi connectivity index (χ4n) is 7.80. The molecule has 0 spiro atoms. The molecule has 0 bridgehead atoms. The summed E-state index contributed by atoms with van der Waals surface area (Å²) in [5.41, 5.74) is 0. The van der Waals surface area contributed by atoms with E-state index in [1.165, 1.54) is 27.7 Å². The minimum Gasteiger partial charge on any atom is -0.463 e. The summed E-state index contributed by atoms with van der Waals surface area (Å²) >= 11 is 0. The molecule has 4 saturated heterocycles. The third-order valence-electron chi connectivity index (χ3n) is 11.6. The molecule has 0 aromatic heterocycles. The Labute approximate surface area is 406 Å². The van der Waals surface area contributed by atoms with Gasteiger partial charge in [-0.05, 0) is 5.92 Å². The van der Waals surface area contributed by atoms with Crippen LogP contribution in [0.15, 0.2) is 0 Å². The zero-order chi connectivity index (χ0) is 52.2. The molecular formula is C45H70O25. The van der Waals surface area contributed by atoms with E-state index in [9.17, 15) is 54.9 Å². The largest absolute Gasteiger partial charge is 0.463 e. The summed E-state index contributed by atoms with van der Waals surface area (Å²) in [5, 5.41) is 69.2. The number of aliphatic hydroxyl groups excluding tert-OH is 7. The molecule has 70 heavy (non-hydrogen) atoms. The van der Waals surface area contributed by atoms with E-state index in [4.69, 9.17) is 79.2 Å². The third-order valence-corrected chi connectivity index (χ3v) is 11.6. The molecule has 4 aliphatic heterocycles. The summed E-state index contributed by atoms with van der Waals surface area (Å²) in [5.74, 6) is 1.50. The van der Waals surface area contributed by atoms with Crippen LogP contribution in [0, 0.1) is 42.4 Å². The van der Waals surface area contributed by atoms with Crippen LogP contribution in [0.1, 0.15) is 48.5 Å². The molecular weight excluding hydrogens is 940 g/mol. The molecule has 0 amide bonds. The van der Waals surface area contributed by atoms with Gasteiger partial charge in [0.05, 0.1) is 51.8 Å². The van der Waals surface area contributed by atoms with Crippen LogP contribution in [0.5, 0.6) is 0 Å². The summed E-state index contributed by atoms with van der Waals surface area (Å²) in [6.07, 6.45) is -10.9. The molecule has 4 aliphatic rings. The molecule has 0 aromatic rings. The number of ether oxygens (including phenoxy) is 14. The standard InChI is InChI=1S/C28H42O13.C17H28O12/c1-9-10-33-11-12-34-27-26(38-21(8)32)17(4)24(23(40-27)14-36-19(6)30)41-28-25(37-20(7)31)16(3)15(2)22(39-28)13-35-18(5)29;1-2-3-25-4-5-26-16-14(24)12(22)15(9(7-19)28-16)29-17-13(23)11(21)10(20)8(6-18)27-17/h1,15-17,22-28H,10-14H2,2-8H3;1,8-24H,3-7H2. The lowest BCUT2D eigenvalue weighted by molar-refractivity contribution is -0.359. The van der Waals surface area contributed by atoms with Crippen LogP contribution in [0.4, 0.5) is 0 Å². The lowest BCUT2D eigenvalue weighted by Gasteiger charge is -2.48. The Bertz CT molecular complexity index is 1680. The quantitative estimate of drug-likeness (QED) is 0.0241. The number of rotatable bonds is 22. The maximum absolute atomic E-state index is 12.0. The highest BCUT2D eigenvalue weighted by molar-refractivity contribution is 5.67. The summed E-state index contributed by atoms with van der Waals surface area (Å²) in [7, 11) is 0. The number of carbonyl (C=O) groups is 4. The van der Waals surface area contributed by atoms with Crippen LogP contribution in [0.3, 0.4) is 0 Å². The van der Waals surface area contributed by atoms with E-state index in [2.05, 4.69) is 11.8 Å². The number of hydrogen-bond donors (Lipinski definition) is 7. The van der Waals surface area contributed by atoms with Crippen LogP contribution >= 0.6 is 0 Å². The van der Waals surface area contributed by atoms with Gasteiger partial charge in [-0.3, -0.25) is 19.2 Å². The monoisotopic (exact) mass is 1010 g/mol. The molecule has 4 rings (SSSR count). The second-order valence-corrected chi connectivity index (χ2v) is 16.8. The van der Waals surface area contributed by atoms with Gasteiger partial charge in [-0.15, -0.1) is 12.8 Å². The molecule has 25 nitrogen and oxygen atoms in total. The zero-order valence-corrected chi connectivity index (χ0v) is 40.3. The van der Waals surface area contributed by atoms with Gasteiger partial charge in [0.1, 0.15) is 81.4 Å². The number of terminal acetylenes is 2. The molecule has 7 N–H and O–H groups in total. The van der Waals surface area contributed by atoms with Gasteiger partial charge in [0.15, 0.2) is 37.4 Å². The van der Waals surface area contributed by atoms with Crippen molar-refractivity contribution in [2.45, 2.75) is 153 Å². The van der Waals surface area contributed by atoms with E-state index in [-0.39, 0.29) is 64.7 Å². The second kappa shape index (κ2) is 30.4. The maximum atomic E-state index is 12.0. The van der Waals surface area contributed by atoms with Gasteiger partial charge in [0, 0.05) is 39.5 Å². The number of aliphatic hydroxyl groups is 7. The Hall–Kier alpha value is -3.68. The van der Waals surface area contributed by atoms with Crippen LogP contribution in [0.2, 0.25) is 0 Å². The topological polar surface area (TPSA) is 339 Å². The molecule has 4 fully saturated rings. The number of hydrogen-bond acceptors (Lipinski definition) is 25. The summed E-state index contributed by atoms with van der Waals surface area (Å²) in [6.45, 7) is 9.60. The van der Waals surface area contributed by atoms with E-state index in [1.54, 1.807) is 6.92 Å². The minimum absolute atomic E-state index is 0.00743. The lowest BCUT2D eigenvalue weighted by atomic mass is 9.83. The Morgan fingerprint density at radius 2 is 0.929 bits per heavy atom. The van der Waals surface area contributed by atoms with Crippen molar-refractivity contribution in [2.75, 3.05) is 66.1 Å². The van der Waals surface area contributed by atoms with E-state index in [0.717, 1.165) is 0 Å². The maximum Gasteiger partial charge on any atom is 0.303 e. The van der Waals surface area contributed by atoms with Crippen molar-refractivity contribution in [1.29, 1.82) is 0 Å². The SMILES string of the molecule is C#CCOCCOC1OC(CO)C(OC2OC(CO)C(O)C(O)C2O)C(O)C1O.C#CCOCCOC1OC(COC(C)=O)C(OC2OC(COC(C)=O)C(C)C(C)C2OC(C)=O)C(C)C1OC(C)=O. The van der Waals surface area contributed by atoms with E-state index < -0.39 is 148 Å².